The molecule has 2 amide bonds. The van der Waals surface area contributed by atoms with Crippen molar-refractivity contribution >= 4 is 34.7 Å². The number of imide groups is 1. The molecule has 0 bridgehead atoms. The van der Waals surface area contributed by atoms with Gasteiger partial charge in [-0.1, -0.05) is 18.2 Å². The predicted octanol–water partition coefficient (Wildman–Crippen LogP) is 3.68. The van der Waals surface area contributed by atoms with Gasteiger partial charge in [0, 0.05) is 5.56 Å². The highest BCUT2D eigenvalue weighted by Gasteiger charge is 2.57. The fourth-order valence-corrected chi connectivity index (χ4v) is 4.31. The molecule has 164 valence electrons. The molecule has 2 aliphatic rings. The van der Waals surface area contributed by atoms with Crippen LogP contribution in [0, 0.1) is 5.92 Å². The molecule has 0 unspecified atom stereocenters. The smallest absolute Gasteiger partial charge is 0.259 e. The van der Waals surface area contributed by atoms with Gasteiger partial charge in [-0.2, -0.15) is 5.10 Å². The van der Waals surface area contributed by atoms with E-state index in [2.05, 4.69) is 0 Å². The van der Waals surface area contributed by atoms with E-state index < -0.39 is 12.0 Å². The maximum absolute atomic E-state index is 13.6. The number of carbonyl (C=O) groups is 3. The van der Waals surface area contributed by atoms with Crippen molar-refractivity contribution in [1.82, 2.24) is 0 Å². The molecule has 0 N–H and O–H groups in total. The van der Waals surface area contributed by atoms with Gasteiger partial charge >= 0.3 is 0 Å². The van der Waals surface area contributed by atoms with Crippen molar-refractivity contribution in [2.24, 2.45) is 11.0 Å². The summed E-state index contributed by atoms with van der Waals surface area (Å²) in [6, 6.07) is 22.3. The van der Waals surface area contributed by atoms with Gasteiger partial charge in [0.05, 0.1) is 24.2 Å². The van der Waals surface area contributed by atoms with Crippen LogP contribution in [0.2, 0.25) is 0 Å². The van der Waals surface area contributed by atoms with Crippen LogP contribution in [-0.4, -0.2) is 36.5 Å². The largest absolute Gasteiger partial charge is 0.497 e. The Hall–Kier alpha value is -4.26. The Labute approximate surface area is 190 Å². The minimum Gasteiger partial charge on any atom is -0.497 e. The van der Waals surface area contributed by atoms with Gasteiger partial charge in [-0.15, -0.1) is 0 Å². The van der Waals surface area contributed by atoms with Crippen LogP contribution in [0.25, 0.3) is 0 Å². The van der Waals surface area contributed by atoms with E-state index in [4.69, 9.17) is 9.84 Å². The lowest BCUT2D eigenvalue weighted by Gasteiger charge is -2.22. The number of fused-ring (bicyclic) bond motifs is 1. The molecule has 0 radical (unpaired) electrons. The lowest BCUT2D eigenvalue weighted by atomic mass is 9.92. The molecule has 2 aliphatic heterocycles. The van der Waals surface area contributed by atoms with Crippen LogP contribution >= 0.6 is 0 Å². The maximum Gasteiger partial charge on any atom is 0.259 e. The van der Waals surface area contributed by atoms with Gasteiger partial charge in [0.25, 0.3) is 5.91 Å². The quantitative estimate of drug-likeness (QED) is 0.448. The summed E-state index contributed by atoms with van der Waals surface area (Å²) >= 11 is 0. The molecular formula is C26H21N3O4. The van der Waals surface area contributed by atoms with Crippen LogP contribution in [0.3, 0.4) is 0 Å². The number of hydrogen-bond donors (Lipinski definition) is 0. The summed E-state index contributed by atoms with van der Waals surface area (Å²) in [5.41, 5.74) is 2.97. The molecule has 7 nitrogen and oxygen atoms in total. The third-order valence-corrected chi connectivity index (χ3v) is 5.99. The third kappa shape index (κ3) is 3.38. The van der Waals surface area contributed by atoms with E-state index in [1.165, 1.54) is 11.8 Å². The molecule has 0 saturated carbocycles. The summed E-state index contributed by atoms with van der Waals surface area (Å²) in [4.78, 5) is 40.0. The second kappa shape index (κ2) is 8.02. The number of hydrazone groups is 1. The van der Waals surface area contributed by atoms with Crippen LogP contribution in [0.5, 0.6) is 5.75 Å². The summed E-state index contributed by atoms with van der Waals surface area (Å²) in [7, 11) is 1.59. The van der Waals surface area contributed by atoms with Crippen LogP contribution < -0.4 is 14.6 Å². The molecule has 3 aromatic carbocycles. The number of para-hydroxylation sites is 1. The van der Waals surface area contributed by atoms with Gasteiger partial charge in [-0.25, -0.2) is 4.90 Å². The van der Waals surface area contributed by atoms with Crippen LogP contribution in [0.1, 0.15) is 22.8 Å². The molecule has 1 fully saturated rings. The number of carbonyl (C=O) groups excluding carboxylic acids is 3. The van der Waals surface area contributed by atoms with Gasteiger partial charge in [0.2, 0.25) is 5.91 Å². The van der Waals surface area contributed by atoms with E-state index in [1.807, 2.05) is 42.5 Å². The summed E-state index contributed by atoms with van der Waals surface area (Å²) in [5, 5.41) is 6.36. The Balaban J connectivity index is 1.58. The summed E-state index contributed by atoms with van der Waals surface area (Å²) in [5.74, 6) is -0.833. The molecule has 0 spiro atoms. The zero-order chi connectivity index (χ0) is 23.1. The molecule has 33 heavy (non-hydrogen) atoms. The van der Waals surface area contributed by atoms with Crippen molar-refractivity contribution in [2.45, 2.75) is 13.0 Å². The number of anilines is 2. The SMILES string of the molecule is COc1ccc(C2=NN(c3ccccc3)[C@H]3C(=O)N(c4ccc(C(C)=O)cc4)C(=O)[C@H]23)cc1. The summed E-state index contributed by atoms with van der Waals surface area (Å²) in [6.45, 7) is 1.47. The first kappa shape index (κ1) is 20.6. The number of rotatable bonds is 5. The minimum atomic E-state index is -0.788. The first-order valence-electron chi connectivity index (χ1n) is 10.6. The molecule has 0 aromatic heterocycles. The first-order valence-corrected chi connectivity index (χ1v) is 10.6. The van der Waals surface area contributed by atoms with Crippen LogP contribution in [0.4, 0.5) is 11.4 Å². The fourth-order valence-electron chi connectivity index (χ4n) is 4.31. The van der Waals surface area contributed by atoms with Crippen LogP contribution in [0.15, 0.2) is 84.0 Å². The highest BCUT2D eigenvalue weighted by atomic mass is 16.5. The van der Waals surface area contributed by atoms with E-state index in [9.17, 15) is 14.4 Å². The van der Waals surface area contributed by atoms with Gasteiger partial charge < -0.3 is 4.74 Å². The number of ketones is 1. The average molecular weight is 439 g/mol. The van der Waals surface area contributed by atoms with Crippen molar-refractivity contribution in [3.63, 3.8) is 0 Å². The number of methoxy groups -OCH3 is 1. The van der Waals surface area contributed by atoms with Gasteiger partial charge in [0.1, 0.15) is 17.7 Å². The lowest BCUT2D eigenvalue weighted by molar-refractivity contribution is -0.121. The van der Waals surface area contributed by atoms with Gasteiger partial charge in [-0.05, 0) is 73.2 Å². The van der Waals surface area contributed by atoms with Gasteiger partial charge in [0.15, 0.2) is 5.78 Å². The van der Waals surface area contributed by atoms with Crippen molar-refractivity contribution < 1.29 is 19.1 Å². The lowest BCUT2D eigenvalue weighted by Crippen LogP contribution is -2.39. The molecule has 0 aliphatic carbocycles. The van der Waals surface area contributed by atoms with Gasteiger partial charge in [-0.3, -0.25) is 19.4 Å². The van der Waals surface area contributed by atoms with E-state index in [0.717, 1.165) is 11.3 Å². The van der Waals surface area contributed by atoms with E-state index >= 15 is 0 Å². The zero-order valence-electron chi connectivity index (χ0n) is 18.1. The number of nitrogens with zero attached hydrogens (tertiary/aromatic N) is 3. The van der Waals surface area contributed by atoms with Crippen molar-refractivity contribution in [2.75, 3.05) is 17.0 Å². The minimum absolute atomic E-state index is 0.0818. The number of benzene rings is 3. The van der Waals surface area contributed by atoms with E-state index in [-0.39, 0.29) is 17.6 Å². The van der Waals surface area contributed by atoms with Crippen molar-refractivity contribution in [1.29, 1.82) is 0 Å². The summed E-state index contributed by atoms with van der Waals surface area (Å²) in [6.07, 6.45) is 0. The van der Waals surface area contributed by atoms with Crippen molar-refractivity contribution in [3.05, 3.63) is 90.0 Å². The average Bonchev–Trinajstić information content (AvgIpc) is 3.36. The van der Waals surface area contributed by atoms with Crippen LogP contribution in [-0.2, 0) is 9.59 Å². The third-order valence-electron chi connectivity index (χ3n) is 5.99. The topological polar surface area (TPSA) is 79.3 Å². The number of Topliss-reactive ketones (excluding diaryl/α,β-unsaturated/α-hetero) is 1. The molecule has 3 aromatic rings. The fraction of sp³-hybridized carbons (Fsp3) is 0.154. The molecule has 1 saturated heterocycles. The summed E-state index contributed by atoms with van der Waals surface area (Å²) < 4.78 is 5.24. The molecule has 5 rings (SSSR count). The second-order valence-corrected chi connectivity index (χ2v) is 7.93. The highest BCUT2D eigenvalue weighted by molar-refractivity contribution is 6.34. The number of hydrogen-bond acceptors (Lipinski definition) is 6. The molecule has 2 atom stereocenters. The van der Waals surface area contributed by atoms with E-state index in [1.54, 1.807) is 48.5 Å². The first-order chi connectivity index (χ1) is 16.0. The molecule has 7 heteroatoms. The second-order valence-electron chi connectivity index (χ2n) is 7.93. The van der Waals surface area contributed by atoms with E-state index in [0.29, 0.717) is 22.7 Å². The monoisotopic (exact) mass is 439 g/mol. The standard InChI is InChI=1S/C26H21N3O4/c1-16(30)17-8-12-19(13-9-17)28-25(31)22-23(18-10-14-21(33-2)15-11-18)27-29(24(22)26(28)32)20-6-4-3-5-7-20/h3-15,22,24H,1-2H3/t22-,24-/m1/s1. The zero-order valence-corrected chi connectivity index (χ0v) is 18.1. The molecular weight excluding hydrogens is 418 g/mol. The Morgan fingerprint density at radius 3 is 2.12 bits per heavy atom. The number of ether oxygens (including phenoxy) is 1. The Morgan fingerprint density at radius 2 is 1.52 bits per heavy atom. The number of amides is 2. The molecule has 2 heterocycles. The highest BCUT2D eigenvalue weighted by Crippen LogP contribution is 2.39. The normalized spacial score (nSPS) is 19.5. The maximum atomic E-state index is 13.6. The Morgan fingerprint density at radius 1 is 0.848 bits per heavy atom. The Kier molecular flexibility index (Phi) is 5.01. The van der Waals surface area contributed by atoms with Crippen molar-refractivity contribution in [3.8, 4) is 5.75 Å². The predicted molar refractivity (Wildman–Crippen MR) is 125 cm³/mol. The Bertz CT molecular complexity index is 1270.